The summed E-state index contributed by atoms with van der Waals surface area (Å²) in [6.45, 7) is 0. The van der Waals surface area contributed by atoms with Gasteiger partial charge in [0.1, 0.15) is 5.75 Å². The number of aryl methyl sites for hydroxylation is 2. The van der Waals surface area contributed by atoms with Gasteiger partial charge in [0.25, 0.3) is 0 Å². The van der Waals surface area contributed by atoms with E-state index in [1.54, 1.807) is 36.6 Å². The van der Waals surface area contributed by atoms with Crippen molar-refractivity contribution in [1.82, 2.24) is 0 Å². The molecule has 3 rings (SSSR count). The number of hydrogen-bond donors (Lipinski definition) is 0. The molecular weight excluding hydrogens is 280 g/mol. The summed E-state index contributed by atoms with van der Waals surface area (Å²) >= 11 is 7.76. The molecule has 1 aromatic carbocycles. The third-order valence-corrected chi connectivity index (χ3v) is 4.94. The smallest absolute Gasteiger partial charge is 0.204 e. The molecule has 0 saturated carbocycles. The summed E-state index contributed by atoms with van der Waals surface area (Å²) in [5.41, 5.74) is 1.88. The van der Waals surface area contributed by atoms with Crippen LogP contribution in [0.4, 0.5) is 0 Å². The van der Waals surface area contributed by atoms with Gasteiger partial charge in [0.2, 0.25) is 5.78 Å². The fourth-order valence-electron chi connectivity index (χ4n) is 2.38. The molecule has 0 radical (unpaired) electrons. The maximum Gasteiger partial charge on any atom is 0.204 e. The molecule has 0 aliphatic heterocycles. The van der Waals surface area contributed by atoms with E-state index in [0.29, 0.717) is 16.3 Å². The molecule has 4 heteroatoms. The molecule has 2 aromatic rings. The van der Waals surface area contributed by atoms with Crippen LogP contribution in [0.2, 0.25) is 5.02 Å². The number of carbonyl (C=O) groups is 1. The molecule has 0 fully saturated rings. The van der Waals surface area contributed by atoms with Crippen LogP contribution in [0, 0.1) is 0 Å². The lowest BCUT2D eigenvalue weighted by Crippen LogP contribution is -2.00. The summed E-state index contributed by atoms with van der Waals surface area (Å²) in [6.07, 6.45) is 3.40. The topological polar surface area (TPSA) is 26.3 Å². The Balaban J connectivity index is 1.95. The fourth-order valence-corrected chi connectivity index (χ4v) is 3.84. The second kappa shape index (κ2) is 4.99. The molecule has 0 atom stereocenters. The van der Waals surface area contributed by atoms with Crippen molar-refractivity contribution in [1.29, 1.82) is 0 Å². The molecule has 0 unspecified atom stereocenters. The summed E-state index contributed by atoms with van der Waals surface area (Å²) in [6, 6.07) is 7.20. The first-order valence-electron chi connectivity index (χ1n) is 6.19. The van der Waals surface area contributed by atoms with E-state index >= 15 is 0 Å². The largest absolute Gasteiger partial charge is 0.497 e. The predicted octanol–water partition coefficient (Wildman–Crippen LogP) is 4.13. The third kappa shape index (κ3) is 2.28. The number of carbonyl (C=O) groups excluding carboxylic acids is 1. The molecule has 1 aliphatic carbocycles. The minimum atomic E-state index is 0.00653. The number of fused-ring (bicyclic) bond motifs is 1. The van der Waals surface area contributed by atoms with E-state index in [-0.39, 0.29) is 5.78 Å². The molecule has 0 amide bonds. The van der Waals surface area contributed by atoms with E-state index in [1.165, 1.54) is 16.9 Å². The fraction of sp³-hybridized carbons (Fsp3) is 0.267. The van der Waals surface area contributed by atoms with Gasteiger partial charge in [-0.1, -0.05) is 11.6 Å². The Morgan fingerprint density at radius 3 is 2.84 bits per heavy atom. The molecule has 0 bridgehead atoms. The number of rotatable bonds is 3. The van der Waals surface area contributed by atoms with Crippen molar-refractivity contribution in [3.8, 4) is 5.75 Å². The number of benzene rings is 1. The first kappa shape index (κ1) is 12.7. The van der Waals surface area contributed by atoms with Gasteiger partial charge in [-0.05, 0) is 49.1 Å². The first-order chi connectivity index (χ1) is 9.19. The molecule has 0 N–H and O–H groups in total. The predicted molar refractivity (Wildman–Crippen MR) is 77.8 cm³/mol. The third-order valence-electron chi connectivity index (χ3n) is 3.39. The molecule has 0 spiro atoms. The maximum atomic E-state index is 12.5. The van der Waals surface area contributed by atoms with Crippen LogP contribution >= 0.6 is 22.9 Å². The number of ketones is 1. The van der Waals surface area contributed by atoms with Gasteiger partial charge in [-0.25, -0.2) is 0 Å². The van der Waals surface area contributed by atoms with Crippen molar-refractivity contribution in [2.75, 3.05) is 7.11 Å². The highest BCUT2D eigenvalue weighted by Crippen LogP contribution is 2.33. The van der Waals surface area contributed by atoms with Crippen LogP contribution in [0.1, 0.15) is 32.1 Å². The van der Waals surface area contributed by atoms with E-state index in [0.717, 1.165) is 17.7 Å². The van der Waals surface area contributed by atoms with E-state index in [1.807, 2.05) is 6.07 Å². The van der Waals surface area contributed by atoms with Gasteiger partial charge in [0.15, 0.2) is 0 Å². The van der Waals surface area contributed by atoms with Gasteiger partial charge in [0, 0.05) is 10.4 Å². The molecule has 1 aromatic heterocycles. The Morgan fingerprint density at radius 1 is 1.32 bits per heavy atom. The molecule has 19 heavy (non-hydrogen) atoms. The SMILES string of the molecule is COc1ccc(C(=O)c2cc3c(s2)CCC3)c(Cl)c1. The average molecular weight is 293 g/mol. The first-order valence-corrected chi connectivity index (χ1v) is 7.38. The van der Waals surface area contributed by atoms with Gasteiger partial charge in [-0.2, -0.15) is 0 Å². The summed E-state index contributed by atoms with van der Waals surface area (Å²) in [5.74, 6) is 0.669. The number of methoxy groups -OCH3 is 1. The number of thiophene rings is 1. The zero-order valence-corrected chi connectivity index (χ0v) is 12.1. The Bertz CT molecular complexity index is 624. The van der Waals surface area contributed by atoms with Crippen molar-refractivity contribution in [2.24, 2.45) is 0 Å². The number of halogens is 1. The number of ether oxygens (including phenoxy) is 1. The van der Waals surface area contributed by atoms with Gasteiger partial charge < -0.3 is 4.74 Å². The van der Waals surface area contributed by atoms with E-state index in [4.69, 9.17) is 16.3 Å². The van der Waals surface area contributed by atoms with Crippen molar-refractivity contribution >= 4 is 28.7 Å². The Hall–Kier alpha value is -1.32. The lowest BCUT2D eigenvalue weighted by atomic mass is 10.1. The van der Waals surface area contributed by atoms with Crippen LogP contribution in [-0.2, 0) is 12.8 Å². The standard InChI is InChI=1S/C15H13ClO2S/c1-18-10-5-6-11(12(16)8-10)15(17)14-7-9-3-2-4-13(9)19-14/h5-8H,2-4H2,1H3. The molecule has 2 nitrogen and oxygen atoms in total. The lowest BCUT2D eigenvalue weighted by Gasteiger charge is -2.04. The van der Waals surface area contributed by atoms with Crippen LogP contribution in [0.15, 0.2) is 24.3 Å². The van der Waals surface area contributed by atoms with Crippen LogP contribution in [0.3, 0.4) is 0 Å². The second-order valence-electron chi connectivity index (χ2n) is 4.59. The summed E-state index contributed by atoms with van der Waals surface area (Å²) < 4.78 is 5.09. The molecule has 0 saturated heterocycles. The van der Waals surface area contributed by atoms with E-state index in [9.17, 15) is 4.79 Å². The van der Waals surface area contributed by atoms with E-state index in [2.05, 4.69) is 0 Å². The lowest BCUT2D eigenvalue weighted by molar-refractivity contribution is 0.104. The minimum absolute atomic E-state index is 0.00653. The quantitative estimate of drug-likeness (QED) is 0.795. The Labute approximate surface area is 121 Å². The zero-order chi connectivity index (χ0) is 13.4. The average Bonchev–Trinajstić information content (AvgIpc) is 2.98. The monoisotopic (exact) mass is 292 g/mol. The van der Waals surface area contributed by atoms with Gasteiger partial charge in [0.05, 0.1) is 17.0 Å². The van der Waals surface area contributed by atoms with E-state index < -0.39 is 0 Å². The highest BCUT2D eigenvalue weighted by molar-refractivity contribution is 7.14. The molecular formula is C15H13ClO2S. The van der Waals surface area contributed by atoms with Gasteiger partial charge in [-0.15, -0.1) is 11.3 Å². The summed E-state index contributed by atoms with van der Waals surface area (Å²) in [7, 11) is 1.58. The van der Waals surface area contributed by atoms with Crippen molar-refractivity contribution in [2.45, 2.75) is 19.3 Å². The molecule has 98 valence electrons. The summed E-state index contributed by atoms with van der Waals surface area (Å²) in [5, 5.41) is 0.443. The van der Waals surface area contributed by atoms with Crippen LogP contribution in [-0.4, -0.2) is 12.9 Å². The van der Waals surface area contributed by atoms with Crippen LogP contribution < -0.4 is 4.74 Å². The van der Waals surface area contributed by atoms with Crippen molar-refractivity contribution < 1.29 is 9.53 Å². The highest BCUT2D eigenvalue weighted by atomic mass is 35.5. The Morgan fingerprint density at radius 2 is 2.16 bits per heavy atom. The van der Waals surface area contributed by atoms with Crippen molar-refractivity contribution in [3.63, 3.8) is 0 Å². The minimum Gasteiger partial charge on any atom is -0.497 e. The number of hydrogen-bond acceptors (Lipinski definition) is 3. The zero-order valence-electron chi connectivity index (χ0n) is 10.5. The van der Waals surface area contributed by atoms with Crippen molar-refractivity contribution in [3.05, 3.63) is 50.2 Å². The maximum absolute atomic E-state index is 12.5. The Kier molecular flexibility index (Phi) is 3.33. The second-order valence-corrected chi connectivity index (χ2v) is 6.13. The molecule has 1 heterocycles. The van der Waals surface area contributed by atoms with Gasteiger partial charge >= 0.3 is 0 Å². The van der Waals surface area contributed by atoms with Crippen LogP contribution in [0.5, 0.6) is 5.75 Å². The molecule has 1 aliphatic rings. The van der Waals surface area contributed by atoms with Gasteiger partial charge in [-0.3, -0.25) is 4.79 Å². The highest BCUT2D eigenvalue weighted by Gasteiger charge is 2.20. The normalized spacial score (nSPS) is 13.4. The van der Waals surface area contributed by atoms with Crippen LogP contribution in [0.25, 0.3) is 0 Å². The summed E-state index contributed by atoms with van der Waals surface area (Å²) in [4.78, 5) is 14.6.